The fourth-order valence-electron chi connectivity index (χ4n) is 4.72. The highest BCUT2D eigenvalue weighted by molar-refractivity contribution is 7.99. The monoisotopic (exact) mass is 572 g/mol. The number of esters is 2. The van der Waals surface area contributed by atoms with Gasteiger partial charge in [0.1, 0.15) is 24.7 Å². The first-order valence-corrected chi connectivity index (χ1v) is 15.0. The molecule has 0 amide bonds. The molecule has 222 valence electrons. The second-order valence-corrected chi connectivity index (χ2v) is 13.7. The number of rotatable bonds is 11. The largest absolute Gasteiger partial charge is 0.507 e. The molecule has 2 aromatic carbocycles. The van der Waals surface area contributed by atoms with Crippen molar-refractivity contribution in [3.8, 4) is 11.5 Å². The third-order valence-electron chi connectivity index (χ3n) is 7.25. The summed E-state index contributed by atoms with van der Waals surface area (Å²) in [6.45, 7) is 20.8. The van der Waals surface area contributed by atoms with Crippen molar-refractivity contribution in [3.63, 3.8) is 0 Å². The van der Waals surface area contributed by atoms with Gasteiger partial charge in [-0.2, -0.15) is 11.8 Å². The van der Waals surface area contributed by atoms with Crippen LogP contribution in [0.2, 0.25) is 0 Å². The van der Waals surface area contributed by atoms with E-state index >= 15 is 0 Å². The molecule has 0 aliphatic heterocycles. The number of hydrogen-bond donors (Lipinski definition) is 1. The number of phenolic OH excluding ortho intramolecular Hbond substituents is 1. The first-order chi connectivity index (χ1) is 18.5. The number of hydrogen-bond acceptors (Lipinski definition) is 7. The molecule has 0 spiro atoms. The van der Waals surface area contributed by atoms with Gasteiger partial charge in [0, 0.05) is 17.1 Å². The van der Waals surface area contributed by atoms with E-state index in [1.165, 1.54) is 11.8 Å². The molecule has 2 aromatic rings. The van der Waals surface area contributed by atoms with Gasteiger partial charge in [0.2, 0.25) is 0 Å². The Kier molecular flexibility index (Phi) is 11.6. The van der Waals surface area contributed by atoms with Crippen LogP contribution in [0.15, 0.2) is 12.1 Å². The van der Waals surface area contributed by atoms with Gasteiger partial charge in [0.25, 0.3) is 0 Å². The minimum Gasteiger partial charge on any atom is -0.507 e. The molecule has 0 heterocycles. The van der Waals surface area contributed by atoms with Gasteiger partial charge in [-0.25, -0.2) is 0 Å². The Morgan fingerprint density at radius 1 is 0.750 bits per heavy atom. The van der Waals surface area contributed by atoms with Crippen molar-refractivity contribution in [2.75, 3.05) is 18.6 Å². The maximum atomic E-state index is 12.4. The van der Waals surface area contributed by atoms with Crippen molar-refractivity contribution >= 4 is 23.7 Å². The van der Waals surface area contributed by atoms with Gasteiger partial charge in [-0.3, -0.25) is 9.59 Å². The highest BCUT2D eigenvalue weighted by Crippen LogP contribution is 2.38. The summed E-state index contributed by atoms with van der Waals surface area (Å²) < 4.78 is 16.8. The van der Waals surface area contributed by atoms with E-state index in [9.17, 15) is 14.7 Å². The van der Waals surface area contributed by atoms with Crippen LogP contribution in [0.5, 0.6) is 11.5 Å². The Hall–Kier alpha value is -2.67. The molecule has 0 atom stereocenters. The molecule has 0 saturated heterocycles. The van der Waals surface area contributed by atoms with Crippen LogP contribution < -0.4 is 4.74 Å². The summed E-state index contributed by atoms with van der Waals surface area (Å²) in [5.74, 6) is 1.66. The van der Waals surface area contributed by atoms with Gasteiger partial charge in [-0.05, 0) is 77.5 Å². The third-order valence-corrected chi connectivity index (χ3v) is 8.24. The predicted molar refractivity (Wildman–Crippen MR) is 164 cm³/mol. The molecule has 7 heteroatoms. The Morgan fingerprint density at radius 2 is 1.18 bits per heavy atom. The Bertz CT molecular complexity index is 1220. The highest BCUT2D eigenvalue weighted by atomic mass is 32.2. The van der Waals surface area contributed by atoms with E-state index in [4.69, 9.17) is 14.2 Å². The molecule has 0 fully saturated rings. The van der Waals surface area contributed by atoms with E-state index in [0.717, 1.165) is 50.3 Å². The van der Waals surface area contributed by atoms with E-state index in [-0.39, 0.29) is 54.6 Å². The molecule has 6 nitrogen and oxygen atoms in total. The van der Waals surface area contributed by atoms with Crippen LogP contribution in [0.25, 0.3) is 0 Å². The number of aryl methyl sites for hydroxylation is 2. The topological polar surface area (TPSA) is 82.1 Å². The van der Waals surface area contributed by atoms with E-state index in [1.54, 1.807) is 7.11 Å². The fraction of sp³-hybridized carbons (Fsp3) is 0.576. The van der Waals surface area contributed by atoms with Gasteiger partial charge in [0.05, 0.1) is 20.0 Å². The van der Waals surface area contributed by atoms with Gasteiger partial charge >= 0.3 is 11.9 Å². The summed E-state index contributed by atoms with van der Waals surface area (Å²) in [7, 11) is 1.67. The average Bonchev–Trinajstić information content (AvgIpc) is 2.84. The molecule has 0 radical (unpaired) electrons. The number of phenols is 1. The maximum absolute atomic E-state index is 12.4. The quantitative estimate of drug-likeness (QED) is 0.220. The van der Waals surface area contributed by atoms with Gasteiger partial charge in [0.15, 0.2) is 0 Å². The van der Waals surface area contributed by atoms with Crippen LogP contribution in [0.3, 0.4) is 0 Å². The fourth-order valence-corrected chi connectivity index (χ4v) is 5.54. The summed E-state index contributed by atoms with van der Waals surface area (Å²) >= 11 is 1.52. The Morgan fingerprint density at radius 3 is 1.60 bits per heavy atom. The molecule has 40 heavy (non-hydrogen) atoms. The molecule has 0 aliphatic rings. The number of carbonyl (C=O) groups is 2. The van der Waals surface area contributed by atoms with Crippen LogP contribution in [-0.2, 0) is 43.1 Å². The number of thioether (sulfide) groups is 1. The summed E-state index contributed by atoms with van der Waals surface area (Å²) in [4.78, 5) is 24.7. The molecule has 0 aromatic heterocycles. The molecule has 1 N–H and O–H groups in total. The molecule has 0 saturated carbocycles. The van der Waals surface area contributed by atoms with Crippen LogP contribution in [0.1, 0.15) is 98.9 Å². The lowest BCUT2D eigenvalue weighted by Crippen LogP contribution is -2.16. The lowest BCUT2D eigenvalue weighted by atomic mass is 9.83. The highest BCUT2D eigenvalue weighted by Gasteiger charge is 2.24. The first-order valence-electron chi connectivity index (χ1n) is 13.9. The maximum Gasteiger partial charge on any atom is 0.306 e. The number of benzene rings is 2. The van der Waals surface area contributed by atoms with Crippen molar-refractivity contribution < 1.29 is 28.9 Å². The molecule has 0 bridgehead atoms. The van der Waals surface area contributed by atoms with Crippen molar-refractivity contribution in [2.24, 2.45) is 0 Å². The number of carbonyl (C=O) groups excluding carboxylic acids is 2. The zero-order valence-electron chi connectivity index (χ0n) is 26.3. The zero-order valence-corrected chi connectivity index (χ0v) is 27.1. The van der Waals surface area contributed by atoms with Gasteiger partial charge in [-0.15, -0.1) is 0 Å². The number of methoxy groups -OCH3 is 1. The third kappa shape index (κ3) is 8.66. The lowest BCUT2D eigenvalue weighted by molar-refractivity contribution is -0.145. The SMILES string of the molecule is COc1c(C(C)(C)C)cc(C)c(COC(=O)CCSCCC(=O)OCc2c(C)cc(C(C)(C)C)c(O)c2C)c1C. The minimum absolute atomic E-state index is 0.0573. The van der Waals surface area contributed by atoms with Crippen LogP contribution in [-0.4, -0.2) is 35.7 Å². The molecule has 0 unspecified atom stereocenters. The molecular formula is C33H48O6S. The molecule has 0 aliphatic carbocycles. The lowest BCUT2D eigenvalue weighted by Gasteiger charge is -2.26. The first kappa shape index (κ1) is 33.5. The second-order valence-electron chi connectivity index (χ2n) is 12.5. The molecule has 2 rings (SSSR count). The smallest absolute Gasteiger partial charge is 0.306 e. The zero-order chi connectivity index (χ0) is 30.4. The number of aromatic hydroxyl groups is 1. The normalized spacial score (nSPS) is 11.9. The standard InChI is InChI=1S/C33H48O6S/c1-20-16-26(32(5,6)7)30(36)22(3)24(20)18-38-28(34)12-14-40-15-13-29(35)39-19-25-21(2)17-27(33(8,9)10)31(37-11)23(25)4/h16-17,36H,12-15,18-19H2,1-11H3. The van der Waals surface area contributed by atoms with Crippen molar-refractivity contribution in [3.05, 3.63) is 56.6 Å². The Labute approximate surface area is 245 Å². The molecular weight excluding hydrogens is 524 g/mol. The predicted octanol–water partition coefficient (Wildman–Crippen LogP) is 7.53. The van der Waals surface area contributed by atoms with E-state index in [0.29, 0.717) is 11.5 Å². The van der Waals surface area contributed by atoms with Crippen LogP contribution in [0, 0.1) is 27.7 Å². The summed E-state index contributed by atoms with van der Waals surface area (Å²) in [5.41, 5.74) is 7.42. The van der Waals surface area contributed by atoms with Crippen molar-refractivity contribution in [1.82, 2.24) is 0 Å². The van der Waals surface area contributed by atoms with Gasteiger partial charge in [-0.1, -0.05) is 53.7 Å². The van der Waals surface area contributed by atoms with E-state index < -0.39 is 0 Å². The summed E-state index contributed by atoms with van der Waals surface area (Å²) in [6, 6.07) is 4.09. The Balaban J connectivity index is 1.79. The van der Waals surface area contributed by atoms with Crippen LogP contribution >= 0.6 is 11.8 Å². The van der Waals surface area contributed by atoms with E-state index in [1.807, 2.05) is 33.8 Å². The second kappa shape index (κ2) is 13.8. The number of ether oxygens (including phenoxy) is 3. The summed E-state index contributed by atoms with van der Waals surface area (Å²) in [5, 5.41) is 10.7. The van der Waals surface area contributed by atoms with E-state index in [2.05, 4.69) is 47.6 Å². The van der Waals surface area contributed by atoms with Crippen molar-refractivity contribution in [1.29, 1.82) is 0 Å². The average molecular weight is 573 g/mol. The van der Waals surface area contributed by atoms with Crippen molar-refractivity contribution in [2.45, 2.75) is 106 Å². The minimum atomic E-state index is -0.299. The van der Waals surface area contributed by atoms with Crippen LogP contribution in [0.4, 0.5) is 0 Å². The summed E-state index contributed by atoms with van der Waals surface area (Å²) in [6.07, 6.45) is 0.523. The van der Waals surface area contributed by atoms with Gasteiger partial charge < -0.3 is 19.3 Å².